The van der Waals surface area contributed by atoms with Crippen LogP contribution in [0, 0.1) is 10.8 Å². The van der Waals surface area contributed by atoms with Gasteiger partial charge in [-0.05, 0) is 70.0 Å². The lowest BCUT2D eigenvalue weighted by Crippen LogP contribution is -2.47. The molecule has 1 saturated carbocycles. The highest BCUT2D eigenvalue weighted by atomic mass is 19.4. The second kappa shape index (κ2) is 10.4. The van der Waals surface area contributed by atoms with E-state index in [1.807, 2.05) is 18.2 Å². The Labute approximate surface area is 215 Å². The maximum Gasteiger partial charge on any atom is 0.491 e. The van der Waals surface area contributed by atoms with E-state index in [1.54, 1.807) is 4.90 Å². The van der Waals surface area contributed by atoms with E-state index < -0.39 is 23.5 Å². The second-order valence-corrected chi connectivity index (χ2v) is 11.1. The molecule has 0 atom stereocenters. The quantitative estimate of drug-likeness (QED) is 0.413. The fourth-order valence-corrected chi connectivity index (χ4v) is 6.37. The molecule has 1 spiro atoms. The zero-order chi connectivity index (χ0) is 26.9. The highest BCUT2D eigenvalue weighted by Gasteiger charge is 2.52. The number of halogens is 3. The minimum absolute atomic E-state index is 0.000918. The molecule has 204 valence electrons. The van der Waals surface area contributed by atoms with Gasteiger partial charge in [0.05, 0.1) is 5.41 Å². The molecule has 1 aromatic carbocycles. The summed E-state index contributed by atoms with van der Waals surface area (Å²) in [7, 11) is 4.18. The Bertz CT molecular complexity index is 997. The molecule has 1 aromatic rings. The molecule has 0 unspecified atom stereocenters. The van der Waals surface area contributed by atoms with Crippen LogP contribution in [-0.4, -0.2) is 74.2 Å². The van der Waals surface area contributed by atoms with Gasteiger partial charge in [0, 0.05) is 38.3 Å². The molecular weight excluding hydrogens is 489 g/mol. The number of carbonyl (C=O) groups excluding carboxylic acids is 3. The molecule has 1 aliphatic carbocycles. The molecule has 7 nitrogen and oxygen atoms in total. The van der Waals surface area contributed by atoms with E-state index >= 15 is 0 Å². The van der Waals surface area contributed by atoms with Crippen molar-refractivity contribution < 1.29 is 37.0 Å². The fraction of sp³-hybridized carbons (Fsp3) is 0.667. The van der Waals surface area contributed by atoms with Gasteiger partial charge in [-0.2, -0.15) is 13.2 Å². The van der Waals surface area contributed by atoms with Crippen molar-refractivity contribution in [1.82, 2.24) is 9.80 Å². The first-order valence-corrected chi connectivity index (χ1v) is 12.8. The second-order valence-electron chi connectivity index (χ2n) is 11.1. The van der Waals surface area contributed by atoms with Crippen LogP contribution in [0.25, 0.3) is 0 Å². The van der Waals surface area contributed by atoms with Crippen molar-refractivity contribution in [3.8, 4) is 0 Å². The first-order valence-electron chi connectivity index (χ1n) is 12.8. The van der Waals surface area contributed by atoms with Crippen LogP contribution in [0.3, 0.4) is 0 Å². The Kier molecular flexibility index (Phi) is 7.72. The number of carbonyl (C=O) groups is 3. The lowest BCUT2D eigenvalue weighted by atomic mass is 9.64. The summed E-state index contributed by atoms with van der Waals surface area (Å²) >= 11 is 0. The summed E-state index contributed by atoms with van der Waals surface area (Å²) in [6, 6.07) is 10.4. The van der Waals surface area contributed by atoms with E-state index in [2.05, 4.69) is 35.9 Å². The number of alkyl halides is 3. The Hall–Kier alpha value is -2.46. The van der Waals surface area contributed by atoms with E-state index in [1.165, 1.54) is 5.56 Å². The first kappa shape index (κ1) is 27.6. The third-order valence-electron chi connectivity index (χ3n) is 8.87. The zero-order valence-corrected chi connectivity index (χ0v) is 21.4. The van der Waals surface area contributed by atoms with E-state index in [-0.39, 0.29) is 55.9 Å². The van der Waals surface area contributed by atoms with Crippen LogP contribution < -0.4 is 0 Å². The smallest absolute Gasteiger partial charge is 0.386 e. The van der Waals surface area contributed by atoms with Crippen molar-refractivity contribution in [2.75, 3.05) is 40.4 Å². The van der Waals surface area contributed by atoms with Gasteiger partial charge in [-0.1, -0.05) is 30.3 Å². The minimum atomic E-state index is -5.25. The number of esters is 2. The number of rotatable bonds is 6. The highest BCUT2D eigenvalue weighted by Crippen LogP contribution is 2.52. The van der Waals surface area contributed by atoms with Gasteiger partial charge in [-0.25, -0.2) is 4.79 Å². The van der Waals surface area contributed by atoms with E-state index in [0.29, 0.717) is 13.0 Å². The molecule has 2 heterocycles. The molecule has 0 N–H and O–H groups in total. The van der Waals surface area contributed by atoms with Gasteiger partial charge in [0.1, 0.15) is 0 Å². The summed E-state index contributed by atoms with van der Waals surface area (Å²) < 4.78 is 47.6. The molecule has 37 heavy (non-hydrogen) atoms. The van der Waals surface area contributed by atoms with Crippen molar-refractivity contribution >= 4 is 17.8 Å². The number of benzene rings is 1. The number of nitrogens with zero attached hydrogens (tertiary/aromatic N) is 2. The number of amides is 1. The van der Waals surface area contributed by atoms with Crippen molar-refractivity contribution in [2.45, 2.75) is 63.1 Å². The molecule has 10 heteroatoms. The third-order valence-corrected chi connectivity index (χ3v) is 8.87. The van der Waals surface area contributed by atoms with Crippen LogP contribution in [0.4, 0.5) is 13.2 Å². The van der Waals surface area contributed by atoms with Crippen molar-refractivity contribution in [1.29, 1.82) is 0 Å². The first-order chi connectivity index (χ1) is 17.4. The molecule has 2 aliphatic heterocycles. The van der Waals surface area contributed by atoms with Gasteiger partial charge < -0.3 is 14.4 Å². The number of hydrogen-bond donors (Lipinski definition) is 0. The largest absolute Gasteiger partial charge is 0.491 e. The van der Waals surface area contributed by atoms with Crippen molar-refractivity contribution in [3.63, 3.8) is 0 Å². The van der Waals surface area contributed by atoms with Gasteiger partial charge in [0.15, 0.2) is 0 Å². The number of likely N-dealkylation sites (tertiary alicyclic amines) is 1. The van der Waals surface area contributed by atoms with Gasteiger partial charge in [-0.3, -0.25) is 14.5 Å². The maximum atomic E-state index is 13.0. The van der Waals surface area contributed by atoms with Crippen LogP contribution in [0.2, 0.25) is 0 Å². The SMILES string of the molecule is CN(C)C1(c2ccccc2)CCC2(CC1)CC(=O)N(CCC1(C(=O)OC(=O)C(F)(F)F)CCOCC1)C2. The summed E-state index contributed by atoms with van der Waals surface area (Å²) in [4.78, 5) is 41.1. The Morgan fingerprint density at radius 2 is 1.65 bits per heavy atom. The molecular formula is C27H35F3N2O5. The van der Waals surface area contributed by atoms with Crippen LogP contribution in [0.5, 0.6) is 0 Å². The van der Waals surface area contributed by atoms with Gasteiger partial charge in [0.25, 0.3) is 0 Å². The Morgan fingerprint density at radius 3 is 2.22 bits per heavy atom. The number of hydrogen-bond acceptors (Lipinski definition) is 6. The molecule has 0 radical (unpaired) electrons. The molecule has 4 rings (SSSR count). The topological polar surface area (TPSA) is 76.2 Å². The Morgan fingerprint density at radius 1 is 1.03 bits per heavy atom. The zero-order valence-electron chi connectivity index (χ0n) is 21.4. The van der Waals surface area contributed by atoms with Gasteiger partial charge in [0.2, 0.25) is 5.91 Å². The fourth-order valence-electron chi connectivity index (χ4n) is 6.37. The standard InChI is InChI=1S/C27H35F3N2O5/c1-31(2)26(20-6-4-3-5-7-20)10-8-24(9-11-26)18-21(33)32(19-24)15-12-25(13-16-36-17-14-25)22(34)37-23(35)27(28,29)30/h3-7H,8-19H2,1-2H3. The predicted octanol–water partition coefficient (Wildman–Crippen LogP) is 4.06. The average molecular weight is 525 g/mol. The molecule has 0 bridgehead atoms. The van der Waals surface area contributed by atoms with E-state index in [4.69, 9.17) is 4.74 Å². The summed E-state index contributed by atoms with van der Waals surface area (Å²) in [5.74, 6) is -3.70. The average Bonchev–Trinajstić information content (AvgIpc) is 3.18. The lowest BCUT2D eigenvalue weighted by molar-refractivity contribution is -0.207. The molecule has 2 saturated heterocycles. The third kappa shape index (κ3) is 5.55. The Balaban J connectivity index is 1.42. The van der Waals surface area contributed by atoms with E-state index in [0.717, 1.165) is 25.7 Å². The molecule has 1 amide bonds. The van der Waals surface area contributed by atoms with E-state index in [9.17, 15) is 27.6 Å². The number of ether oxygens (including phenoxy) is 2. The monoisotopic (exact) mass is 524 g/mol. The normalized spacial score (nSPS) is 28.1. The summed E-state index contributed by atoms with van der Waals surface area (Å²) in [5.41, 5.74) is -0.260. The maximum absolute atomic E-state index is 13.0. The molecule has 3 aliphatic rings. The van der Waals surface area contributed by atoms with Gasteiger partial charge in [-0.15, -0.1) is 0 Å². The highest BCUT2D eigenvalue weighted by molar-refractivity contribution is 5.91. The van der Waals surface area contributed by atoms with Crippen LogP contribution >= 0.6 is 0 Å². The van der Waals surface area contributed by atoms with Crippen molar-refractivity contribution in [2.24, 2.45) is 10.8 Å². The molecule has 3 fully saturated rings. The van der Waals surface area contributed by atoms with Gasteiger partial charge >= 0.3 is 18.1 Å². The lowest BCUT2D eigenvalue weighted by Gasteiger charge is -2.49. The summed E-state index contributed by atoms with van der Waals surface area (Å²) in [6.45, 7) is 1.15. The predicted molar refractivity (Wildman–Crippen MR) is 128 cm³/mol. The van der Waals surface area contributed by atoms with Crippen LogP contribution in [0.1, 0.15) is 56.9 Å². The molecule has 0 aromatic heterocycles. The summed E-state index contributed by atoms with van der Waals surface area (Å²) in [6.07, 6.45) is -0.809. The van der Waals surface area contributed by atoms with Crippen molar-refractivity contribution in [3.05, 3.63) is 35.9 Å². The summed E-state index contributed by atoms with van der Waals surface area (Å²) in [5, 5.41) is 0. The van der Waals surface area contributed by atoms with Crippen LogP contribution in [-0.2, 0) is 29.4 Å². The minimum Gasteiger partial charge on any atom is -0.386 e. The van der Waals surface area contributed by atoms with Crippen LogP contribution in [0.15, 0.2) is 30.3 Å².